The third-order valence-electron chi connectivity index (χ3n) is 3.25. The standard InChI is InChI=1S/C11H23NO/c1-11(2)6-3-4-9(8-11)10(13)5-7-12/h9-10,13H,3-8,12H2,1-2H3/t9?,10-/m1/s1. The highest BCUT2D eigenvalue weighted by molar-refractivity contribution is 4.83. The van der Waals surface area contributed by atoms with Gasteiger partial charge < -0.3 is 10.8 Å². The van der Waals surface area contributed by atoms with Gasteiger partial charge in [0, 0.05) is 0 Å². The molecule has 1 fully saturated rings. The van der Waals surface area contributed by atoms with Crippen LogP contribution in [0.15, 0.2) is 0 Å². The van der Waals surface area contributed by atoms with Gasteiger partial charge in [-0.3, -0.25) is 0 Å². The van der Waals surface area contributed by atoms with E-state index < -0.39 is 0 Å². The van der Waals surface area contributed by atoms with Gasteiger partial charge in [-0.15, -0.1) is 0 Å². The Balaban J connectivity index is 2.42. The molecule has 3 N–H and O–H groups in total. The zero-order valence-electron chi connectivity index (χ0n) is 8.92. The van der Waals surface area contributed by atoms with Crippen molar-refractivity contribution in [3.63, 3.8) is 0 Å². The summed E-state index contributed by atoms with van der Waals surface area (Å²) in [4.78, 5) is 0. The summed E-state index contributed by atoms with van der Waals surface area (Å²) in [7, 11) is 0. The predicted molar refractivity (Wildman–Crippen MR) is 55.4 cm³/mol. The maximum absolute atomic E-state index is 9.83. The molecule has 0 amide bonds. The lowest BCUT2D eigenvalue weighted by molar-refractivity contribution is 0.0429. The number of rotatable bonds is 3. The summed E-state index contributed by atoms with van der Waals surface area (Å²) >= 11 is 0. The number of aliphatic hydroxyl groups is 1. The second-order valence-electron chi connectivity index (χ2n) is 5.17. The summed E-state index contributed by atoms with van der Waals surface area (Å²) in [5, 5.41) is 9.83. The van der Waals surface area contributed by atoms with E-state index in [2.05, 4.69) is 13.8 Å². The van der Waals surface area contributed by atoms with Crippen LogP contribution in [-0.4, -0.2) is 17.8 Å². The van der Waals surface area contributed by atoms with Crippen LogP contribution in [0.5, 0.6) is 0 Å². The molecule has 0 aromatic heterocycles. The smallest absolute Gasteiger partial charge is 0.0580 e. The Labute approximate surface area is 81.5 Å². The Morgan fingerprint density at radius 3 is 2.77 bits per heavy atom. The number of hydrogen-bond donors (Lipinski definition) is 2. The van der Waals surface area contributed by atoms with E-state index >= 15 is 0 Å². The van der Waals surface area contributed by atoms with Crippen LogP contribution in [0, 0.1) is 11.3 Å². The van der Waals surface area contributed by atoms with Crippen molar-refractivity contribution in [2.45, 2.75) is 52.1 Å². The van der Waals surface area contributed by atoms with Gasteiger partial charge in [0.2, 0.25) is 0 Å². The molecule has 0 bridgehead atoms. The average Bonchev–Trinajstić information content (AvgIpc) is 2.03. The largest absolute Gasteiger partial charge is 0.393 e. The first kappa shape index (κ1) is 11.0. The minimum atomic E-state index is -0.162. The summed E-state index contributed by atoms with van der Waals surface area (Å²) in [6.07, 6.45) is 5.52. The monoisotopic (exact) mass is 185 g/mol. The second-order valence-corrected chi connectivity index (χ2v) is 5.17. The minimum absolute atomic E-state index is 0.162. The number of nitrogens with two attached hydrogens (primary N) is 1. The second kappa shape index (κ2) is 4.43. The first-order valence-corrected chi connectivity index (χ1v) is 5.43. The van der Waals surface area contributed by atoms with Crippen molar-refractivity contribution in [1.82, 2.24) is 0 Å². The minimum Gasteiger partial charge on any atom is -0.393 e. The van der Waals surface area contributed by atoms with Gasteiger partial charge >= 0.3 is 0 Å². The van der Waals surface area contributed by atoms with Gasteiger partial charge in [0.05, 0.1) is 6.10 Å². The highest BCUT2D eigenvalue weighted by Gasteiger charge is 2.31. The van der Waals surface area contributed by atoms with Crippen LogP contribution in [0.3, 0.4) is 0 Å². The molecule has 1 aliphatic rings. The van der Waals surface area contributed by atoms with Crippen molar-refractivity contribution < 1.29 is 5.11 Å². The Morgan fingerprint density at radius 1 is 1.54 bits per heavy atom. The van der Waals surface area contributed by atoms with Crippen LogP contribution in [-0.2, 0) is 0 Å². The van der Waals surface area contributed by atoms with E-state index in [-0.39, 0.29) is 6.10 Å². The van der Waals surface area contributed by atoms with Crippen molar-refractivity contribution in [1.29, 1.82) is 0 Å². The van der Waals surface area contributed by atoms with E-state index in [1.807, 2.05) is 0 Å². The summed E-state index contributed by atoms with van der Waals surface area (Å²) in [6, 6.07) is 0. The molecule has 2 nitrogen and oxygen atoms in total. The summed E-state index contributed by atoms with van der Waals surface area (Å²) in [5.74, 6) is 0.493. The van der Waals surface area contributed by atoms with Gasteiger partial charge in [0.25, 0.3) is 0 Å². The lowest BCUT2D eigenvalue weighted by Gasteiger charge is -2.37. The summed E-state index contributed by atoms with van der Waals surface area (Å²) in [5.41, 5.74) is 5.87. The van der Waals surface area contributed by atoms with Crippen LogP contribution in [0.2, 0.25) is 0 Å². The van der Waals surface area contributed by atoms with Crippen molar-refractivity contribution in [2.75, 3.05) is 6.54 Å². The highest BCUT2D eigenvalue weighted by Crippen LogP contribution is 2.40. The molecule has 0 heterocycles. The van der Waals surface area contributed by atoms with E-state index in [0.29, 0.717) is 17.9 Å². The molecule has 1 rings (SSSR count). The molecule has 13 heavy (non-hydrogen) atoms. The Hall–Kier alpha value is -0.0800. The van der Waals surface area contributed by atoms with Gasteiger partial charge in [-0.1, -0.05) is 20.3 Å². The Kier molecular flexibility index (Phi) is 3.74. The van der Waals surface area contributed by atoms with Gasteiger partial charge in [0.1, 0.15) is 0 Å². The van der Waals surface area contributed by atoms with Gasteiger partial charge in [-0.25, -0.2) is 0 Å². The molecule has 0 aromatic rings. The third kappa shape index (κ3) is 3.28. The van der Waals surface area contributed by atoms with Crippen LogP contribution in [0.4, 0.5) is 0 Å². The van der Waals surface area contributed by atoms with Gasteiger partial charge in [-0.05, 0) is 43.6 Å². The molecule has 1 unspecified atom stereocenters. The molecule has 0 radical (unpaired) electrons. The van der Waals surface area contributed by atoms with Gasteiger partial charge in [-0.2, -0.15) is 0 Å². The van der Waals surface area contributed by atoms with Crippen molar-refractivity contribution in [3.8, 4) is 0 Å². The molecule has 0 saturated heterocycles. The first-order valence-electron chi connectivity index (χ1n) is 5.43. The van der Waals surface area contributed by atoms with E-state index in [1.165, 1.54) is 19.3 Å². The van der Waals surface area contributed by atoms with Crippen LogP contribution in [0.1, 0.15) is 46.0 Å². The van der Waals surface area contributed by atoms with Gasteiger partial charge in [0.15, 0.2) is 0 Å². The van der Waals surface area contributed by atoms with E-state index in [0.717, 1.165) is 12.8 Å². The van der Waals surface area contributed by atoms with Crippen LogP contribution >= 0.6 is 0 Å². The Bertz CT molecular complexity index is 156. The fourth-order valence-corrected chi connectivity index (χ4v) is 2.49. The molecule has 1 aliphatic carbocycles. The fraction of sp³-hybridized carbons (Fsp3) is 1.00. The molecule has 0 spiro atoms. The number of aliphatic hydroxyl groups excluding tert-OH is 1. The topological polar surface area (TPSA) is 46.2 Å². The molecule has 1 saturated carbocycles. The van der Waals surface area contributed by atoms with Crippen molar-refractivity contribution in [2.24, 2.45) is 17.1 Å². The van der Waals surface area contributed by atoms with E-state index in [9.17, 15) is 5.11 Å². The van der Waals surface area contributed by atoms with Crippen molar-refractivity contribution in [3.05, 3.63) is 0 Å². The normalized spacial score (nSPS) is 30.0. The zero-order valence-corrected chi connectivity index (χ0v) is 8.92. The maximum atomic E-state index is 9.83. The summed E-state index contributed by atoms with van der Waals surface area (Å²) in [6.45, 7) is 5.21. The molecular weight excluding hydrogens is 162 g/mol. The molecule has 2 heteroatoms. The molecule has 0 aliphatic heterocycles. The SMILES string of the molecule is CC1(C)CCCC([C@H](O)CCN)C1. The van der Waals surface area contributed by atoms with Crippen molar-refractivity contribution >= 4 is 0 Å². The lowest BCUT2D eigenvalue weighted by atomic mass is 9.70. The highest BCUT2D eigenvalue weighted by atomic mass is 16.3. The third-order valence-corrected chi connectivity index (χ3v) is 3.25. The van der Waals surface area contributed by atoms with E-state index in [4.69, 9.17) is 5.73 Å². The maximum Gasteiger partial charge on any atom is 0.0580 e. The molecular formula is C11H23NO. The Morgan fingerprint density at radius 2 is 2.23 bits per heavy atom. The summed E-state index contributed by atoms with van der Waals surface area (Å²) < 4.78 is 0. The average molecular weight is 185 g/mol. The lowest BCUT2D eigenvalue weighted by Crippen LogP contribution is -2.31. The van der Waals surface area contributed by atoms with Crippen LogP contribution in [0.25, 0.3) is 0 Å². The predicted octanol–water partition coefficient (Wildman–Crippen LogP) is 1.91. The number of hydrogen-bond acceptors (Lipinski definition) is 2. The molecule has 0 aromatic carbocycles. The van der Waals surface area contributed by atoms with Crippen LogP contribution < -0.4 is 5.73 Å². The zero-order chi connectivity index (χ0) is 9.90. The fourth-order valence-electron chi connectivity index (χ4n) is 2.49. The van der Waals surface area contributed by atoms with E-state index in [1.54, 1.807) is 0 Å². The molecule has 78 valence electrons. The molecule has 2 atom stereocenters. The quantitative estimate of drug-likeness (QED) is 0.705. The first-order chi connectivity index (χ1) is 6.05.